The highest BCUT2D eigenvalue weighted by molar-refractivity contribution is 6.08. The minimum atomic E-state index is -0.417. The van der Waals surface area contributed by atoms with E-state index >= 15 is 0 Å². The molecule has 2 aromatic rings. The Labute approximate surface area is 208 Å². The van der Waals surface area contributed by atoms with Crippen molar-refractivity contribution >= 4 is 28.4 Å². The van der Waals surface area contributed by atoms with Gasteiger partial charge in [-0.1, -0.05) is 18.4 Å². The smallest absolute Gasteiger partial charge is 0.254 e. The summed E-state index contributed by atoms with van der Waals surface area (Å²) >= 11 is 0. The fourth-order valence-corrected chi connectivity index (χ4v) is 5.13. The first-order valence-electron chi connectivity index (χ1n) is 12.6. The molecule has 4 rings (SSSR count). The number of amides is 2. The first kappa shape index (κ1) is 25.3. The van der Waals surface area contributed by atoms with Gasteiger partial charge in [0.05, 0.1) is 29.2 Å². The lowest BCUT2D eigenvalue weighted by Gasteiger charge is -2.21. The maximum absolute atomic E-state index is 13.4. The van der Waals surface area contributed by atoms with E-state index in [1.807, 2.05) is 32.2 Å². The van der Waals surface area contributed by atoms with E-state index in [1.54, 1.807) is 0 Å². The van der Waals surface area contributed by atoms with Crippen molar-refractivity contribution in [2.75, 3.05) is 40.8 Å². The number of carbonyl (C=O) groups is 2. The van der Waals surface area contributed by atoms with Gasteiger partial charge in [-0.05, 0) is 71.6 Å². The Kier molecular flexibility index (Phi) is 7.82. The third-order valence-electron chi connectivity index (χ3n) is 7.11. The van der Waals surface area contributed by atoms with Crippen molar-refractivity contribution in [1.29, 1.82) is 0 Å². The van der Waals surface area contributed by atoms with Crippen molar-refractivity contribution in [3.63, 3.8) is 0 Å². The van der Waals surface area contributed by atoms with E-state index in [0.29, 0.717) is 17.3 Å². The minimum Gasteiger partial charge on any atom is -0.351 e. The van der Waals surface area contributed by atoms with Gasteiger partial charge in [0.15, 0.2) is 0 Å². The Morgan fingerprint density at radius 1 is 1.14 bits per heavy atom. The number of aliphatic imine (C=N–C) groups is 1. The zero-order valence-corrected chi connectivity index (χ0v) is 21.7. The maximum atomic E-state index is 13.4. The SMILES string of the molecule is CC1=CC(C)=NC(=O)C1CNC(=O)c1cc(CN(C)CCN(C)C)cc2c1cnn2C1CCCC1. The van der Waals surface area contributed by atoms with E-state index < -0.39 is 5.92 Å². The number of nitrogens with zero attached hydrogens (tertiary/aromatic N) is 5. The predicted octanol–water partition coefficient (Wildman–Crippen LogP) is 3.44. The third-order valence-corrected chi connectivity index (χ3v) is 7.11. The van der Waals surface area contributed by atoms with Crippen LogP contribution in [0, 0.1) is 5.92 Å². The molecular weight excluding hydrogens is 440 g/mol. The van der Waals surface area contributed by atoms with Crippen molar-refractivity contribution in [3.05, 3.63) is 41.1 Å². The summed E-state index contributed by atoms with van der Waals surface area (Å²) in [5.41, 5.74) is 4.37. The molecule has 8 nitrogen and oxygen atoms in total. The summed E-state index contributed by atoms with van der Waals surface area (Å²) in [5, 5.41) is 8.59. The number of hydrogen-bond donors (Lipinski definition) is 1. The fourth-order valence-electron chi connectivity index (χ4n) is 5.13. The molecule has 1 aromatic carbocycles. The van der Waals surface area contributed by atoms with Crippen molar-refractivity contribution in [2.24, 2.45) is 10.9 Å². The molecule has 188 valence electrons. The van der Waals surface area contributed by atoms with Gasteiger partial charge < -0.3 is 15.1 Å². The number of rotatable bonds is 9. The average molecular weight is 479 g/mol. The molecule has 0 spiro atoms. The molecule has 2 heterocycles. The molecule has 1 aromatic heterocycles. The minimum absolute atomic E-state index is 0.175. The summed E-state index contributed by atoms with van der Waals surface area (Å²) in [7, 11) is 6.25. The lowest BCUT2D eigenvalue weighted by Crippen LogP contribution is -2.34. The number of hydrogen-bond acceptors (Lipinski definition) is 5. The molecule has 1 N–H and O–H groups in total. The quantitative estimate of drug-likeness (QED) is 0.597. The van der Waals surface area contributed by atoms with E-state index in [-0.39, 0.29) is 18.4 Å². The van der Waals surface area contributed by atoms with Crippen LogP contribution >= 0.6 is 0 Å². The highest BCUT2D eigenvalue weighted by Gasteiger charge is 2.26. The zero-order chi connectivity index (χ0) is 25.1. The second-order valence-corrected chi connectivity index (χ2v) is 10.4. The van der Waals surface area contributed by atoms with Crippen LogP contribution in [0.25, 0.3) is 10.9 Å². The molecule has 2 aliphatic rings. The van der Waals surface area contributed by atoms with Gasteiger partial charge in [0, 0.05) is 37.3 Å². The van der Waals surface area contributed by atoms with Gasteiger partial charge in [-0.15, -0.1) is 0 Å². The number of dihydropyridines is 1. The molecule has 8 heteroatoms. The van der Waals surface area contributed by atoms with Crippen LogP contribution in [-0.2, 0) is 11.3 Å². The molecule has 0 saturated heterocycles. The highest BCUT2D eigenvalue weighted by Crippen LogP contribution is 2.33. The van der Waals surface area contributed by atoms with Crippen LogP contribution in [0.1, 0.15) is 61.5 Å². The first-order chi connectivity index (χ1) is 16.7. The standard InChI is InChI=1S/C27H38N6O2/c1-18-12-19(2)30-27(35)23(18)15-28-26(34)22-13-20(17-32(5)11-10-31(3)4)14-25-24(22)16-29-33(25)21-8-6-7-9-21/h12-14,16,21,23H,6-11,15,17H2,1-5H3,(H,28,34). The van der Waals surface area contributed by atoms with Crippen LogP contribution in [0.3, 0.4) is 0 Å². The van der Waals surface area contributed by atoms with Crippen LogP contribution in [0.2, 0.25) is 0 Å². The monoisotopic (exact) mass is 478 g/mol. The van der Waals surface area contributed by atoms with Crippen LogP contribution in [0.4, 0.5) is 0 Å². The number of nitrogens with one attached hydrogen (secondary N) is 1. The number of fused-ring (bicyclic) bond motifs is 1. The summed E-state index contributed by atoms with van der Waals surface area (Å²) in [6.07, 6.45) is 8.42. The average Bonchev–Trinajstić information content (AvgIpc) is 3.46. The van der Waals surface area contributed by atoms with Gasteiger partial charge in [0.25, 0.3) is 11.8 Å². The van der Waals surface area contributed by atoms with Gasteiger partial charge in [0.2, 0.25) is 0 Å². The third kappa shape index (κ3) is 5.87. The number of allylic oxidation sites excluding steroid dienone is 1. The number of benzene rings is 1. The summed E-state index contributed by atoms with van der Waals surface area (Å²) < 4.78 is 2.12. The molecule has 2 amide bonds. The van der Waals surface area contributed by atoms with Gasteiger partial charge in [0.1, 0.15) is 0 Å². The van der Waals surface area contributed by atoms with Crippen molar-refractivity contribution < 1.29 is 9.59 Å². The fraction of sp³-hybridized carbons (Fsp3) is 0.556. The first-order valence-corrected chi connectivity index (χ1v) is 12.6. The molecule has 1 saturated carbocycles. The van der Waals surface area contributed by atoms with E-state index in [1.165, 1.54) is 12.8 Å². The van der Waals surface area contributed by atoms with E-state index in [0.717, 1.165) is 54.5 Å². The Morgan fingerprint density at radius 3 is 2.57 bits per heavy atom. The molecule has 35 heavy (non-hydrogen) atoms. The second kappa shape index (κ2) is 10.8. The van der Waals surface area contributed by atoms with E-state index in [9.17, 15) is 9.59 Å². The molecule has 1 aliphatic heterocycles. The Balaban J connectivity index is 1.60. The summed E-state index contributed by atoms with van der Waals surface area (Å²) in [4.78, 5) is 34.3. The van der Waals surface area contributed by atoms with E-state index in [2.05, 4.69) is 52.0 Å². The van der Waals surface area contributed by atoms with Crippen LogP contribution in [0.15, 0.2) is 35.0 Å². The number of likely N-dealkylation sites (N-methyl/N-ethyl adjacent to an activating group) is 2. The normalized spacial score (nSPS) is 19.1. The topological polar surface area (TPSA) is 82.8 Å². The summed E-state index contributed by atoms with van der Waals surface area (Å²) in [5.74, 6) is -0.788. The molecule has 0 bridgehead atoms. The highest BCUT2D eigenvalue weighted by atomic mass is 16.2. The second-order valence-electron chi connectivity index (χ2n) is 10.4. The van der Waals surface area contributed by atoms with Gasteiger partial charge in [-0.2, -0.15) is 5.10 Å². The summed E-state index contributed by atoms with van der Waals surface area (Å²) in [6, 6.07) is 4.57. The molecule has 1 aliphatic carbocycles. The number of aromatic nitrogens is 2. The molecule has 0 radical (unpaired) electrons. The number of carbonyl (C=O) groups excluding carboxylic acids is 2. The van der Waals surface area contributed by atoms with Gasteiger partial charge in [-0.3, -0.25) is 14.3 Å². The van der Waals surface area contributed by atoms with Gasteiger partial charge in [-0.25, -0.2) is 4.99 Å². The lowest BCUT2D eigenvalue weighted by atomic mass is 9.95. The molecular formula is C27H38N6O2. The van der Waals surface area contributed by atoms with Gasteiger partial charge >= 0.3 is 0 Å². The Bertz CT molecular complexity index is 1160. The van der Waals surface area contributed by atoms with Crippen molar-refractivity contribution in [1.82, 2.24) is 24.9 Å². The van der Waals surface area contributed by atoms with Crippen LogP contribution in [-0.4, -0.2) is 77.9 Å². The Hall–Kier alpha value is -2.84. The lowest BCUT2D eigenvalue weighted by molar-refractivity contribution is -0.120. The molecule has 1 atom stereocenters. The van der Waals surface area contributed by atoms with Crippen LogP contribution < -0.4 is 5.32 Å². The predicted molar refractivity (Wildman–Crippen MR) is 140 cm³/mol. The zero-order valence-electron chi connectivity index (χ0n) is 21.7. The summed E-state index contributed by atoms with van der Waals surface area (Å²) in [6.45, 7) is 6.62. The van der Waals surface area contributed by atoms with Crippen molar-refractivity contribution in [2.45, 2.75) is 52.1 Å². The van der Waals surface area contributed by atoms with E-state index in [4.69, 9.17) is 5.10 Å². The van der Waals surface area contributed by atoms with Crippen LogP contribution in [0.5, 0.6) is 0 Å². The maximum Gasteiger partial charge on any atom is 0.254 e. The Morgan fingerprint density at radius 2 is 1.89 bits per heavy atom. The largest absolute Gasteiger partial charge is 0.351 e. The van der Waals surface area contributed by atoms with Crippen molar-refractivity contribution in [3.8, 4) is 0 Å². The molecule has 1 fully saturated rings. The molecule has 1 unspecified atom stereocenters.